The van der Waals surface area contributed by atoms with Gasteiger partial charge >= 0.3 is 6.09 Å². The number of aromatic nitrogens is 6. The molecule has 1 N–H and O–H groups in total. The van der Waals surface area contributed by atoms with Crippen LogP contribution in [0.1, 0.15) is 91.5 Å². The van der Waals surface area contributed by atoms with Crippen LogP contribution in [0.4, 0.5) is 25.2 Å². The molecule has 16 heteroatoms. The molecule has 4 aromatic heterocycles. The lowest BCUT2D eigenvalue weighted by molar-refractivity contribution is 0.0737. The maximum Gasteiger partial charge on any atom is 0.410 e. The monoisotopic (exact) mass is 999 g/mol. The quantitative estimate of drug-likeness (QED) is 0.141. The van der Waals surface area contributed by atoms with Crippen LogP contribution in [0.25, 0.3) is 22.4 Å². The van der Waals surface area contributed by atoms with Crippen LogP contribution in [-0.4, -0.2) is 128 Å². The zero-order valence-electron chi connectivity index (χ0n) is 41.9. The van der Waals surface area contributed by atoms with Gasteiger partial charge in [0.05, 0.1) is 35.9 Å². The van der Waals surface area contributed by atoms with Crippen molar-refractivity contribution in [3.05, 3.63) is 167 Å². The molecule has 4 saturated heterocycles. The fraction of sp³-hybridized carbons (Fsp3) is 0.397. The zero-order valence-corrected chi connectivity index (χ0v) is 41.9. The van der Waals surface area contributed by atoms with Gasteiger partial charge in [-0.3, -0.25) is 9.80 Å². The van der Waals surface area contributed by atoms with E-state index in [2.05, 4.69) is 47.0 Å². The van der Waals surface area contributed by atoms with Gasteiger partial charge in [0.2, 0.25) is 0 Å². The fourth-order valence-electron chi connectivity index (χ4n) is 12.1. The van der Waals surface area contributed by atoms with Gasteiger partial charge in [-0.05, 0) is 141 Å². The number of hydrogen-bond donors (Lipinski definition) is 1. The van der Waals surface area contributed by atoms with Crippen molar-refractivity contribution in [2.45, 2.75) is 82.1 Å². The number of halogens is 2. The van der Waals surface area contributed by atoms with E-state index >= 15 is 0 Å². The van der Waals surface area contributed by atoms with Gasteiger partial charge in [0.15, 0.2) is 11.3 Å². The number of piperidine rings is 2. The molecule has 0 spiro atoms. The van der Waals surface area contributed by atoms with Crippen molar-refractivity contribution in [2.24, 2.45) is 0 Å². The highest BCUT2D eigenvalue weighted by Gasteiger charge is 2.33. The number of carbonyl (C=O) groups excluding carboxylic acids is 1. The van der Waals surface area contributed by atoms with Crippen LogP contribution in [0.5, 0.6) is 0 Å². The fourth-order valence-corrected chi connectivity index (χ4v) is 12.1. The molecule has 13 rings (SSSR count). The molecule has 0 saturated carbocycles. The van der Waals surface area contributed by atoms with Gasteiger partial charge in [-0.1, -0.05) is 66.7 Å². The molecule has 4 fully saturated rings. The lowest BCUT2D eigenvalue weighted by Crippen LogP contribution is -2.46. The molecular weight excluding hydrogens is 935 g/mol. The minimum atomic E-state index is -0.234. The molecule has 3 aromatic carbocycles. The SMILES string of the molecule is Fc1cccc([C@H]2CCCN2c2ccc3ncc(C4=CCN(C5CCNCC5)C4)n3n2)c1.O=C(OCc1ccccc1)N1CCC(N2CC=C(c3cnc4ccc(N5CCC[C@@H]5c5cccc(F)c5)nn34)C2)CC1. The third-order valence-electron chi connectivity index (χ3n) is 16.1. The van der Waals surface area contributed by atoms with Gasteiger partial charge in [-0.2, -0.15) is 0 Å². The minimum Gasteiger partial charge on any atom is -0.445 e. The molecular formula is C58H64F2N12O2. The van der Waals surface area contributed by atoms with Crippen LogP contribution in [0.2, 0.25) is 0 Å². The number of anilines is 2. The average molecular weight is 999 g/mol. The molecule has 6 aliphatic heterocycles. The largest absolute Gasteiger partial charge is 0.445 e. The van der Waals surface area contributed by atoms with Crippen LogP contribution >= 0.6 is 0 Å². The minimum absolute atomic E-state index is 0.111. The summed E-state index contributed by atoms with van der Waals surface area (Å²) in [6.07, 6.45) is 16.6. The second-order valence-electron chi connectivity index (χ2n) is 20.6. The summed E-state index contributed by atoms with van der Waals surface area (Å²) in [5.41, 5.74) is 9.32. The topological polar surface area (TPSA) is 115 Å². The van der Waals surface area contributed by atoms with Crippen LogP contribution < -0.4 is 15.1 Å². The van der Waals surface area contributed by atoms with Crippen molar-refractivity contribution >= 4 is 40.2 Å². The number of imidazole rings is 2. The Bertz CT molecular complexity index is 3160. The van der Waals surface area contributed by atoms with Crippen molar-refractivity contribution < 1.29 is 18.3 Å². The van der Waals surface area contributed by atoms with Gasteiger partial charge in [-0.15, -0.1) is 10.2 Å². The van der Waals surface area contributed by atoms with E-state index in [0.29, 0.717) is 31.8 Å². The highest BCUT2D eigenvalue weighted by atomic mass is 19.1. The smallest absolute Gasteiger partial charge is 0.410 e. The van der Waals surface area contributed by atoms with Gasteiger partial charge in [0, 0.05) is 64.4 Å². The molecule has 0 aliphatic carbocycles. The summed E-state index contributed by atoms with van der Waals surface area (Å²) in [5.74, 6) is 1.43. The number of amides is 1. The predicted molar refractivity (Wildman–Crippen MR) is 284 cm³/mol. The molecule has 14 nitrogen and oxygen atoms in total. The summed E-state index contributed by atoms with van der Waals surface area (Å²) >= 11 is 0. The van der Waals surface area contributed by atoms with Crippen molar-refractivity contribution in [3.63, 3.8) is 0 Å². The number of hydrogen-bond acceptors (Lipinski definition) is 11. The Labute approximate surface area is 430 Å². The molecule has 0 radical (unpaired) electrons. The first-order valence-electron chi connectivity index (χ1n) is 26.7. The summed E-state index contributed by atoms with van der Waals surface area (Å²) < 4.78 is 37.3. The van der Waals surface area contributed by atoms with Gasteiger partial charge in [0.25, 0.3) is 0 Å². The number of benzene rings is 3. The molecule has 0 bridgehead atoms. The summed E-state index contributed by atoms with van der Waals surface area (Å²) in [5, 5.41) is 13.5. The number of nitrogens with one attached hydrogen (secondary N) is 1. The maximum absolute atomic E-state index is 14.0. The van der Waals surface area contributed by atoms with Crippen molar-refractivity contribution in [3.8, 4) is 0 Å². The average Bonchev–Trinajstić information content (AvgIpc) is 4.32. The maximum atomic E-state index is 14.0. The first kappa shape index (κ1) is 48.0. The van der Waals surface area contributed by atoms with E-state index < -0.39 is 0 Å². The summed E-state index contributed by atoms with van der Waals surface area (Å²) in [4.78, 5) is 33.4. The van der Waals surface area contributed by atoms with E-state index in [4.69, 9.17) is 14.9 Å². The molecule has 74 heavy (non-hydrogen) atoms. The zero-order chi connectivity index (χ0) is 50.0. The van der Waals surface area contributed by atoms with E-state index in [9.17, 15) is 13.6 Å². The summed E-state index contributed by atoms with van der Waals surface area (Å²) in [6, 6.07) is 33.2. The van der Waals surface area contributed by atoms with Gasteiger partial charge in [0.1, 0.15) is 29.9 Å². The van der Waals surface area contributed by atoms with Crippen LogP contribution in [0, 0.1) is 11.6 Å². The molecule has 7 aromatic rings. The van der Waals surface area contributed by atoms with E-state index in [1.165, 1.54) is 36.1 Å². The van der Waals surface area contributed by atoms with Crippen molar-refractivity contribution in [1.29, 1.82) is 0 Å². The number of likely N-dealkylation sites (tertiary alicyclic amines) is 1. The Hall–Kier alpha value is -7.01. The van der Waals surface area contributed by atoms with Crippen LogP contribution in [0.15, 0.2) is 128 Å². The van der Waals surface area contributed by atoms with Crippen molar-refractivity contribution in [1.82, 2.24) is 49.2 Å². The molecule has 1 amide bonds. The van der Waals surface area contributed by atoms with Gasteiger partial charge in [-0.25, -0.2) is 32.6 Å². The van der Waals surface area contributed by atoms with Crippen molar-refractivity contribution in [2.75, 3.05) is 75.2 Å². The first-order valence-corrected chi connectivity index (χ1v) is 26.7. The summed E-state index contributed by atoms with van der Waals surface area (Å²) in [7, 11) is 0. The lowest BCUT2D eigenvalue weighted by Gasteiger charge is -2.36. The first-order chi connectivity index (χ1) is 36.4. The second-order valence-corrected chi connectivity index (χ2v) is 20.6. The Morgan fingerprint density at radius 1 is 0.595 bits per heavy atom. The standard InChI is InChI=1S/C33H35FN6O2.C25H29FN6/c34-27-9-4-8-25(20-27)29-10-5-16-39(29)32-12-11-31-35-21-30(40(31)36-32)26-13-17-38(22-26)28-14-18-37(19-15-28)33(41)42-23-24-6-2-1-3-7-24;26-20-4-1-3-18(15-20)22-5-2-13-31(22)25-7-6-24-28-16-23(32(24)29-25)19-10-14-30(17-19)21-8-11-27-12-9-21/h1-4,6-9,11-13,20-21,28-29H,5,10,14-19,22-23H2;1,3-4,6-7,10,15-16,21-22,27H,2,5,8-9,11-14,17H2/t29-;22-/m11/s1. The third kappa shape index (κ3) is 10.1. The Morgan fingerprint density at radius 2 is 1.12 bits per heavy atom. The number of nitrogens with zero attached hydrogens (tertiary/aromatic N) is 11. The summed E-state index contributed by atoms with van der Waals surface area (Å²) in [6.45, 7) is 9.41. The lowest BCUT2D eigenvalue weighted by atomic mass is 10.0. The van der Waals surface area contributed by atoms with E-state index in [-0.39, 0.29) is 29.8 Å². The van der Waals surface area contributed by atoms with Crippen LogP contribution in [0.3, 0.4) is 0 Å². The molecule has 6 aliphatic rings. The highest BCUT2D eigenvalue weighted by molar-refractivity contribution is 5.70. The highest BCUT2D eigenvalue weighted by Crippen LogP contribution is 2.38. The van der Waals surface area contributed by atoms with Gasteiger partial charge < -0.3 is 24.8 Å². The number of fused-ring (bicyclic) bond motifs is 2. The molecule has 0 unspecified atom stereocenters. The molecule has 382 valence electrons. The van der Waals surface area contributed by atoms with Crippen LogP contribution in [-0.2, 0) is 11.3 Å². The number of rotatable bonds is 10. The number of ether oxygens (including phenoxy) is 1. The Balaban J connectivity index is 0.000000156. The molecule has 10 heterocycles. The Kier molecular flexibility index (Phi) is 13.9. The van der Waals surface area contributed by atoms with E-state index in [0.717, 1.165) is 142 Å². The predicted octanol–water partition coefficient (Wildman–Crippen LogP) is 9.37. The second kappa shape index (κ2) is 21.5. The van der Waals surface area contributed by atoms with E-state index in [1.54, 1.807) is 24.3 Å². The molecule has 2 atom stereocenters. The Morgan fingerprint density at radius 3 is 1.65 bits per heavy atom. The van der Waals surface area contributed by atoms with E-state index in [1.807, 2.05) is 93.1 Å². The third-order valence-corrected chi connectivity index (χ3v) is 16.1. The number of carbonyl (C=O) groups is 1. The normalized spacial score (nSPS) is 21.1.